The molecular formula is C14H17FIN3O2. The molecular weight excluding hydrogens is 388 g/mol. The Hall–Kier alpha value is -1.09. The van der Waals surface area contributed by atoms with Crippen molar-refractivity contribution in [3.63, 3.8) is 0 Å². The van der Waals surface area contributed by atoms with Crippen molar-refractivity contribution in [1.82, 2.24) is 5.32 Å². The summed E-state index contributed by atoms with van der Waals surface area (Å²) in [6.07, 6.45) is 2.05. The highest BCUT2D eigenvalue weighted by atomic mass is 127. The van der Waals surface area contributed by atoms with Crippen molar-refractivity contribution < 1.29 is 13.9 Å². The summed E-state index contributed by atoms with van der Waals surface area (Å²) in [5.41, 5.74) is 7.05. The normalized spacial score (nSPS) is 22.2. The number of hydrogen-bond acceptors (Lipinski definition) is 4. The zero-order valence-corrected chi connectivity index (χ0v) is 13.6. The van der Waals surface area contributed by atoms with Gasteiger partial charge in [0.05, 0.1) is 28.2 Å². The van der Waals surface area contributed by atoms with Gasteiger partial charge in [-0.25, -0.2) is 4.39 Å². The smallest absolute Gasteiger partial charge is 0.245 e. The molecule has 1 aliphatic heterocycles. The average molecular weight is 405 g/mol. The molecule has 0 bridgehead atoms. The van der Waals surface area contributed by atoms with Crippen molar-refractivity contribution >= 4 is 39.9 Å². The summed E-state index contributed by atoms with van der Waals surface area (Å²) in [6.45, 7) is 1.32. The summed E-state index contributed by atoms with van der Waals surface area (Å²) < 4.78 is 19.7. The van der Waals surface area contributed by atoms with Gasteiger partial charge >= 0.3 is 0 Å². The monoisotopic (exact) mass is 405 g/mol. The van der Waals surface area contributed by atoms with Crippen LogP contribution in [-0.4, -0.2) is 37.7 Å². The zero-order chi connectivity index (χ0) is 15.0. The van der Waals surface area contributed by atoms with Crippen molar-refractivity contribution in [2.45, 2.75) is 24.9 Å². The van der Waals surface area contributed by atoms with Crippen LogP contribution in [-0.2, 0) is 9.53 Å². The second-order valence-corrected chi connectivity index (χ2v) is 6.55. The number of nitrogen functional groups attached to an aromatic ring is 1. The van der Waals surface area contributed by atoms with Crippen LogP contribution < -0.4 is 16.0 Å². The van der Waals surface area contributed by atoms with Gasteiger partial charge in [0.2, 0.25) is 5.91 Å². The van der Waals surface area contributed by atoms with Crippen LogP contribution in [0.2, 0.25) is 0 Å². The molecule has 21 heavy (non-hydrogen) atoms. The van der Waals surface area contributed by atoms with Crippen molar-refractivity contribution in [3.05, 3.63) is 21.5 Å². The molecule has 1 aliphatic carbocycles. The Morgan fingerprint density at radius 3 is 2.95 bits per heavy atom. The highest BCUT2D eigenvalue weighted by Crippen LogP contribution is 2.30. The van der Waals surface area contributed by atoms with Crippen molar-refractivity contribution in [2.75, 3.05) is 30.4 Å². The molecule has 1 saturated carbocycles. The first-order valence-corrected chi connectivity index (χ1v) is 8.03. The number of carbonyl (C=O) groups is 1. The molecule has 0 aromatic heterocycles. The van der Waals surface area contributed by atoms with Crippen LogP contribution in [0.3, 0.4) is 0 Å². The van der Waals surface area contributed by atoms with Crippen molar-refractivity contribution in [1.29, 1.82) is 0 Å². The van der Waals surface area contributed by atoms with Crippen LogP contribution in [0.25, 0.3) is 0 Å². The number of ether oxygens (including phenoxy) is 1. The van der Waals surface area contributed by atoms with E-state index in [9.17, 15) is 9.18 Å². The molecule has 0 radical (unpaired) electrons. The Morgan fingerprint density at radius 1 is 1.48 bits per heavy atom. The Balaban J connectivity index is 1.86. The second kappa shape index (κ2) is 5.96. The SMILES string of the molecule is Nc1cc(I)c(F)cc1N1CCOCC1C(=O)NC1CC1. The minimum atomic E-state index is -0.457. The van der Waals surface area contributed by atoms with Gasteiger partial charge in [-0.3, -0.25) is 4.79 Å². The predicted molar refractivity (Wildman–Crippen MR) is 86.6 cm³/mol. The molecule has 1 heterocycles. The first-order chi connectivity index (χ1) is 10.1. The van der Waals surface area contributed by atoms with E-state index in [-0.39, 0.29) is 17.8 Å². The van der Waals surface area contributed by atoms with Gasteiger partial charge in [-0.1, -0.05) is 0 Å². The van der Waals surface area contributed by atoms with Gasteiger partial charge in [-0.2, -0.15) is 0 Å². The quantitative estimate of drug-likeness (QED) is 0.591. The molecule has 1 saturated heterocycles. The molecule has 3 N–H and O–H groups in total. The lowest BCUT2D eigenvalue weighted by molar-refractivity contribution is -0.124. The lowest BCUT2D eigenvalue weighted by Gasteiger charge is -2.37. The third kappa shape index (κ3) is 3.23. The summed E-state index contributed by atoms with van der Waals surface area (Å²) >= 11 is 1.90. The number of benzene rings is 1. The number of nitrogens with two attached hydrogens (primary N) is 1. The molecule has 2 fully saturated rings. The van der Waals surface area contributed by atoms with Gasteiger partial charge in [-0.15, -0.1) is 0 Å². The fraction of sp³-hybridized carbons (Fsp3) is 0.500. The highest BCUT2D eigenvalue weighted by molar-refractivity contribution is 14.1. The first-order valence-electron chi connectivity index (χ1n) is 6.95. The molecule has 5 nitrogen and oxygen atoms in total. The van der Waals surface area contributed by atoms with Gasteiger partial charge in [0.15, 0.2) is 0 Å². The van der Waals surface area contributed by atoms with Gasteiger partial charge < -0.3 is 20.7 Å². The molecule has 0 spiro atoms. The molecule has 1 aromatic carbocycles. The molecule has 1 unspecified atom stereocenters. The lowest BCUT2D eigenvalue weighted by atomic mass is 10.1. The van der Waals surface area contributed by atoms with E-state index < -0.39 is 6.04 Å². The standard InChI is InChI=1S/C14H17FIN3O2/c15-9-5-12(11(17)6-10(9)16)19-3-4-21-7-13(19)14(20)18-8-1-2-8/h5-6,8,13H,1-4,7,17H2,(H,18,20). The molecule has 2 aliphatic rings. The van der Waals surface area contributed by atoms with Crippen LogP contribution >= 0.6 is 22.6 Å². The van der Waals surface area contributed by atoms with Crippen molar-refractivity contribution in [2.24, 2.45) is 0 Å². The maximum Gasteiger partial charge on any atom is 0.245 e. The largest absolute Gasteiger partial charge is 0.397 e. The van der Waals surface area contributed by atoms with E-state index in [0.29, 0.717) is 34.7 Å². The number of nitrogens with zero attached hydrogens (tertiary/aromatic N) is 1. The van der Waals surface area contributed by atoms with Crippen molar-refractivity contribution in [3.8, 4) is 0 Å². The Kier molecular flexibility index (Phi) is 4.21. The summed E-state index contributed by atoms with van der Waals surface area (Å²) in [6, 6.07) is 2.82. The maximum absolute atomic E-state index is 13.8. The molecule has 1 atom stereocenters. The van der Waals surface area contributed by atoms with E-state index in [4.69, 9.17) is 10.5 Å². The first kappa shape index (κ1) is 14.8. The van der Waals surface area contributed by atoms with Crippen LogP contribution in [0.1, 0.15) is 12.8 Å². The number of morpholine rings is 1. The molecule has 7 heteroatoms. The second-order valence-electron chi connectivity index (χ2n) is 5.39. The third-order valence-corrected chi connectivity index (χ3v) is 4.56. The maximum atomic E-state index is 13.8. The number of nitrogens with one attached hydrogen (secondary N) is 1. The molecule has 3 rings (SSSR count). The Morgan fingerprint density at radius 2 is 2.24 bits per heavy atom. The van der Waals surface area contributed by atoms with Gasteiger partial charge in [0.1, 0.15) is 11.9 Å². The van der Waals surface area contributed by atoms with E-state index in [1.54, 1.807) is 6.07 Å². The van der Waals surface area contributed by atoms with E-state index in [1.807, 2.05) is 27.5 Å². The number of amides is 1. The topological polar surface area (TPSA) is 67.6 Å². The summed E-state index contributed by atoms with van der Waals surface area (Å²) in [4.78, 5) is 14.2. The fourth-order valence-electron chi connectivity index (χ4n) is 2.43. The van der Waals surface area contributed by atoms with Crippen LogP contribution in [0, 0.1) is 9.39 Å². The Labute approximate surface area is 136 Å². The van der Waals surface area contributed by atoms with Gasteiger partial charge in [0.25, 0.3) is 0 Å². The van der Waals surface area contributed by atoms with Crippen LogP contribution in [0.4, 0.5) is 15.8 Å². The van der Waals surface area contributed by atoms with Crippen LogP contribution in [0.15, 0.2) is 12.1 Å². The van der Waals surface area contributed by atoms with E-state index >= 15 is 0 Å². The lowest BCUT2D eigenvalue weighted by Crippen LogP contribution is -2.54. The molecule has 1 amide bonds. The number of halogens is 2. The molecule has 114 valence electrons. The number of anilines is 2. The Bertz CT molecular complexity index is 565. The number of rotatable bonds is 3. The summed E-state index contributed by atoms with van der Waals surface area (Å²) in [7, 11) is 0. The average Bonchev–Trinajstić information content (AvgIpc) is 3.27. The van der Waals surface area contributed by atoms with Gasteiger partial charge in [0, 0.05) is 18.7 Å². The highest BCUT2D eigenvalue weighted by Gasteiger charge is 2.34. The third-order valence-electron chi connectivity index (χ3n) is 3.73. The minimum Gasteiger partial charge on any atom is -0.397 e. The van der Waals surface area contributed by atoms with E-state index in [1.165, 1.54) is 6.07 Å². The van der Waals surface area contributed by atoms with Crippen LogP contribution in [0.5, 0.6) is 0 Å². The summed E-state index contributed by atoms with van der Waals surface area (Å²) in [5.74, 6) is -0.400. The molecule has 1 aromatic rings. The predicted octanol–water partition coefficient (Wildman–Crippen LogP) is 1.50. The minimum absolute atomic E-state index is 0.0736. The van der Waals surface area contributed by atoms with E-state index in [2.05, 4.69) is 5.32 Å². The zero-order valence-electron chi connectivity index (χ0n) is 11.4. The van der Waals surface area contributed by atoms with E-state index in [0.717, 1.165) is 12.8 Å². The van der Waals surface area contributed by atoms with Gasteiger partial charge in [-0.05, 0) is 41.5 Å². The number of hydrogen-bond donors (Lipinski definition) is 2. The fourth-order valence-corrected chi connectivity index (χ4v) is 2.93. The number of carbonyl (C=O) groups excluding carboxylic acids is 1. The summed E-state index contributed by atoms with van der Waals surface area (Å²) in [5, 5.41) is 2.97.